The molecule has 144 valence electrons. The molecule has 27 heavy (non-hydrogen) atoms. The zero-order valence-corrected chi connectivity index (χ0v) is 16.0. The minimum Gasteiger partial charge on any atom is -0.486 e. The van der Waals surface area contributed by atoms with Crippen LogP contribution in [0.25, 0.3) is 0 Å². The lowest BCUT2D eigenvalue weighted by Gasteiger charge is -2.27. The Kier molecular flexibility index (Phi) is 6.48. The molecule has 3 rings (SSSR count). The van der Waals surface area contributed by atoms with Gasteiger partial charge in [0.25, 0.3) is 0 Å². The summed E-state index contributed by atoms with van der Waals surface area (Å²) in [4.78, 5) is 12.5. The highest BCUT2D eigenvalue weighted by atomic mass is 16.5. The van der Waals surface area contributed by atoms with E-state index in [0.717, 1.165) is 35.4 Å². The molecule has 0 radical (unpaired) electrons. The molecule has 1 aliphatic rings. The summed E-state index contributed by atoms with van der Waals surface area (Å²) in [6, 6.07) is 15.3. The highest BCUT2D eigenvalue weighted by Gasteiger charge is 2.26. The first-order valence-electron chi connectivity index (χ1n) is 9.51. The number of carbonyl (C=O) groups is 1. The summed E-state index contributed by atoms with van der Waals surface area (Å²) >= 11 is 0. The topological polar surface area (TPSA) is 73.6 Å². The molecule has 5 nitrogen and oxygen atoms in total. The van der Waals surface area contributed by atoms with Gasteiger partial charge in [0.1, 0.15) is 11.9 Å². The molecule has 2 aromatic rings. The standard InChI is InChI=1S/C22H28N2O3/c1-15-14-19(27-16(2)17-6-4-3-5-7-17)8-9-20(15)24-22(25)21(23)18-10-12-26-13-11-18/h3-9,14,16,18,21H,10-13,23H2,1-2H3,(H,24,25). The van der Waals surface area contributed by atoms with E-state index in [1.54, 1.807) is 0 Å². The molecule has 1 aliphatic heterocycles. The molecule has 0 saturated carbocycles. The Bertz CT molecular complexity index is 757. The molecule has 5 heteroatoms. The van der Waals surface area contributed by atoms with Gasteiger partial charge in [-0.25, -0.2) is 0 Å². The first kappa shape index (κ1) is 19.4. The summed E-state index contributed by atoms with van der Waals surface area (Å²) in [5.74, 6) is 0.806. The Balaban J connectivity index is 1.61. The molecule has 1 heterocycles. The fourth-order valence-corrected chi connectivity index (χ4v) is 3.35. The predicted octanol–water partition coefficient (Wildman–Crippen LogP) is 3.83. The van der Waals surface area contributed by atoms with Crippen LogP contribution in [0, 0.1) is 12.8 Å². The second kappa shape index (κ2) is 9.02. The van der Waals surface area contributed by atoms with E-state index in [-0.39, 0.29) is 17.9 Å². The van der Waals surface area contributed by atoms with Gasteiger partial charge in [0.05, 0.1) is 6.04 Å². The first-order chi connectivity index (χ1) is 13.0. The lowest BCUT2D eigenvalue weighted by atomic mass is 9.92. The van der Waals surface area contributed by atoms with Gasteiger partial charge in [-0.15, -0.1) is 0 Å². The molecule has 1 fully saturated rings. The van der Waals surface area contributed by atoms with Crippen LogP contribution in [0.1, 0.15) is 37.0 Å². The molecule has 0 aliphatic carbocycles. The number of amides is 1. The van der Waals surface area contributed by atoms with Crippen molar-refractivity contribution in [3.8, 4) is 5.75 Å². The quantitative estimate of drug-likeness (QED) is 0.813. The Morgan fingerprint density at radius 2 is 1.89 bits per heavy atom. The molecule has 0 aromatic heterocycles. The Morgan fingerprint density at radius 3 is 2.56 bits per heavy atom. The van der Waals surface area contributed by atoms with Crippen molar-refractivity contribution in [2.24, 2.45) is 11.7 Å². The van der Waals surface area contributed by atoms with Crippen molar-refractivity contribution in [3.63, 3.8) is 0 Å². The second-order valence-corrected chi connectivity index (χ2v) is 7.11. The van der Waals surface area contributed by atoms with Crippen LogP contribution in [0.2, 0.25) is 0 Å². The summed E-state index contributed by atoms with van der Waals surface area (Å²) in [6.45, 7) is 5.33. The number of benzene rings is 2. The number of carbonyl (C=O) groups excluding carboxylic acids is 1. The molecular formula is C22H28N2O3. The molecule has 2 unspecified atom stereocenters. The second-order valence-electron chi connectivity index (χ2n) is 7.11. The summed E-state index contributed by atoms with van der Waals surface area (Å²) in [7, 11) is 0. The van der Waals surface area contributed by atoms with Crippen LogP contribution in [0.15, 0.2) is 48.5 Å². The lowest BCUT2D eigenvalue weighted by Crippen LogP contribution is -2.44. The van der Waals surface area contributed by atoms with Gasteiger partial charge in [0, 0.05) is 18.9 Å². The van der Waals surface area contributed by atoms with Gasteiger partial charge in [0.2, 0.25) is 5.91 Å². The third kappa shape index (κ3) is 5.08. The smallest absolute Gasteiger partial charge is 0.241 e. The number of hydrogen-bond acceptors (Lipinski definition) is 4. The maximum absolute atomic E-state index is 12.5. The van der Waals surface area contributed by atoms with Crippen LogP contribution in [-0.4, -0.2) is 25.2 Å². The van der Waals surface area contributed by atoms with Crippen LogP contribution in [0.3, 0.4) is 0 Å². The molecule has 2 aromatic carbocycles. The minimum absolute atomic E-state index is 0.0482. The van der Waals surface area contributed by atoms with Crippen molar-refractivity contribution < 1.29 is 14.3 Å². The molecule has 1 saturated heterocycles. The van der Waals surface area contributed by atoms with Crippen molar-refractivity contribution >= 4 is 11.6 Å². The number of nitrogens with one attached hydrogen (secondary N) is 1. The maximum Gasteiger partial charge on any atom is 0.241 e. The van der Waals surface area contributed by atoms with Gasteiger partial charge < -0.3 is 20.5 Å². The van der Waals surface area contributed by atoms with Gasteiger partial charge >= 0.3 is 0 Å². The van der Waals surface area contributed by atoms with E-state index < -0.39 is 6.04 Å². The zero-order chi connectivity index (χ0) is 19.2. The van der Waals surface area contributed by atoms with Crippen molar-refractivity contribution in [2.75, 3.05) is 18.5 Å². The van der Waals surface area contributed by atoms with E-state index in [9.17, 15) is 4.79 Å². The van der Waals surface area contributed by atoms with E-state index >= 15 is 0 Å². The highest BCUT2D eigenvalue weighted by molar-refractivity contribution is 5.95. The molecule has 2 atom stereocenters. The van der Waals surface area contributed by atoms with Crippen LogP contribution >= 0.6 is 0 Å². The zero-order valence-electron chi connectivity index (χ0n) is 16.0. The van der Waals surface area contributed by atoms with E-state index in [0.29, 0.717) is 13.2 Å². The van der Waals surface area contributed by atoms with Crippen LogP contribution in [0.5, 0.6) is 5.75 Å². The van der Waals surface area contributed by atoms with Crippen LogP contribution in [-0.2, 0) is 9.53 Å². The maximum atomic E-state index is 12.5. The number of anilines is 1. The third-order valence-corrected chi connectivity index (χ3v) is 5.11. The van der Waals surface area contributed by atoms with E-state index in [1.807, 2.05) is 62.4 Å². The van der Waals surface area contributed by atoms with Crippen LogP contribution in [0.4, 0.5) is 5.69 Å². The summed E-state index contributed by atoms with van der Waals surface area (Å²) in [5, 5.41) is 2.96. The molecule has 3 N–H and O–H groups in total. The van der Waals surface area contributed by atoms with E-state index in [1.165, 1.54) is 0 Å². The number of ether oxygens (including phenoxy) is 2. The Morgan fingerprint density at radius 1 is 1.19 bits per heavy atom. The van der Waals surface area contributed by atoms with E-state index in [4.69, 9.17) is 15.2 Å². The largest absolute Gasteiger partial charge is 0.486 e. The molecule has 1 amide bonds. The van der Waals surface area contributed by atoms with Crippen molar-refractivity contribution in [2.45, 2.75) is 38.8 Å². The van der Waals surface area contributed by atoms with Crippen LogP contribution < -0.4 is 15.8 Å². The first-order valence-corrected chi connectivity index (χ1v) is 9.51. The predicted molar refractivity (Wildman–Crippen MR) is 107 cm³/mol. The summed E-state index contributed by atoms with van der Waals surface area (Å²) in [5.41, 5.74) is 8.99. The monoisotopic (exact) mass is 368 g/mol. The Hall–Kier alpha value is -2.37. The number of aryl methyl sites for hydroxylation is 1. The fraction of sp³-hybridized carbons (Fsp3) is 0.409. The normalized spacial score (nSPS) is 17.1. The van der Waals surface area contributed by atoms with Gasteiger partial charge in [-0.05, 0) is 61.9 Å². The lowest BCUT2D eigenvalue weighted by molar-refractivity contribution is -0.119. The summed E-state index contributed by atoms with van der Waals surface area (Å²) < 4.78 is 11.4. The fourth-order valence-electron chi connectivity index (χ4n) is 3.35. The van der Waals surface area contributed by atoms with E-state index in [2.05, 4.69) is 5.32 Å². The Labute approximate surface area is 160 Å². The van der Waals surface area contributed by atoms with Gasteiger partial charge in [0.15, 0.2) is 0 Å². The molecule has 0 bridgehead atoms. The highest BCUT2D eigenvalue weighted by Crippen LogP contribution is 2.26. The average molecular weight is 368 g/mol. The van der Waals surface area contributed by atoms with Gasteiger partial charge in [-0.1, -0.05) is 30.3 Å². The van der Waals surface area contributed by atoms with Crippen molar-refractivity contribution in [1.29, 1.82) is 0 Å². The molecular weight excluding hydrogens is 340 g/mol. The van der Waals surface area contributed by atoms with Crippen molar-refractivity contribution in [1.82, 2.24) is 0 Å². The number of hydrogen-bond donors (Lipinski definition) is 2. The third-order valence-electron chi connectivity index (χ3n) is 5.11. The van der Waals surface area contributed by atoms with Gasteiger partial charge in [-0.3, -0.25) is 4.79 Å². The summed E-state index contributed by atoms with van der Waals surface area (Å²) in [6.07, 6.45) is 1.61. The van der Waals surface area contributed by atoms with Crippen molar-refractivity contribution in [3.05, 3.63) is 59.7 Å². The molecule has 0 spiro atoms. The SMILES string of the molecule is Cc1cc(OC(C)c2ccccc2)ccc1NC(=O)C(N)C1CCOCC1. The average Bonchev–Trinajstić information content (AvgIpc) is 2.70. The number of nitrogens with two attached hydrogens (primary N) is 1. The number of rotatable bonds is 6. The van der Waals surface area contributed by atoms with Gasteiger partial charge in [-0.2, -0.15) is 0 Å². The minimum atomic E-state index is -0.512.